The third kappa shape index (κ3) is 5.02. The van der Waals surface area contributed by atoms with E-state index in [4.69, 9.17) is 0 Å². The van der Waals surface area contributed by atoms with Crippen molar-refractivity contribution in [3.8, 4) is 0 Å². The molecule has 1 saturated carbocycles. The van der Waals surface area contributed by atoms with Crippen LogP contribution in [0.4, 0.5) is 0 Å². The molecule has 4 nitrogen and oxygen atoms in total. The summed E-state index contributed by atoms with van der Waals surface area (Å²) in [6, 6.07) is 9.42. The first kappa shape index (κ1) is 16.8. The van der Waals surface area contributed by atoms with E-state index < -0.39 is 0 Å². The van der Waals surface area contributed by atoms with Gasteiger partial charge in [0.15, 0.2) is 5.96 Å². The average molecular weight is 302 g/mol. The van der Waals surface area contributed by atoms with E-state index in [0.717, 1.165) is 44.6 Å². The van der Waals surface area contributed by atoms with Gasteiger partial charge in [0.05, 0.1) is 0 Å². The number of aryl methyl sites for hydroxylation is 1. The zero-order valence-corrected chi connectivity index (χ0v) is 14.2. The molecule has 0 aromatic heterocycles. The molecule has 0 unspecified atom stereocenters. The molecule has 1 fully saturated rings. The number of nitrogens with one attached hydrogen (secondary N) is 2. The summed E-state index contributed by atoms with van der Waals surface area (Å²) in [5, 5.41) is 6.84. The van der Waals surface area contributed by atoms with Gasteiger partial charge in [-0.25, -0.2) is 0 Å². The van der Waals surface area contributed by atoms with Gasteiger partial charge in [-0.3, -0.25) is 9.89 Å². The second-order valence-electron chi connectivity index (χ2n) is 5.83. The van der Waals surface area contributed by atoms with Crippen LogP contribution < -0.4 is 10.6 Å². The second-order valence-corrected chi connectivity index (χ2v) is 5.83. The van der Waals surface area contributed by atoms with Crippen LogP contribution in [0.2, 0.25) is 0 Å². The van der Waals surface area contributed by atoms with Gasteiger partial charge in [0, 0.05) is 32.7 Å². The maximum Gasteiger partial charge on any atom is 0.191 e. The molecule has 122 valence electrons. The van der Waals surface area contributed by atoms with E-state index >= 15 is 0 Å². The van der Waals surface area contributed by atoms with E-state index in [1.165, 1.54) is 24.0 Å². The van der Waals surface area contributed by atoms with Gasteiger partial charge in [0.25, 0.3) is 0 Å². The molecule has 1 aromatic carbocycles. The molecule has 22 heavy (non-hydrogen) atoms. The van der Waals surface area contributed by atoms with Crippen LogP contribution in [0.3, 0.4) is 0 Å². The molecule has 0 spiro atoms. The van der Waals surface area contributed by atoms with Crippen LogP contribution in [-0.2, 0) is 13.0 Å². The van der Waals surface area contributed by atoms with Gasteiger partial charge in [-0.1, -0.05) is 38.1 Å². The number of hydrogen-bond donors (Lipinski definition) is 2. The minimum absolute atomic E-state index is 0.823. The third-order valence-corrected chi connectivity index (χ3v) is 4.33. The number of rotatable bonds is 8. The van der Waals surface area contributed by atoms with E-state index in [-0.39, 0.29) is 0 Å². The minimum atomic E-state index is 0.823. The molecule has 2 N–H and O–H groups in total. The Balaban J connectivity index is 1.75. The summed E-state index contributed by atoms with van der Waals surface area (Å²) in [5.41, 5.74) is 2.75. The summed E-state index contributed by atoms with van der Waals surface area (Å²) < 4.78 is 0. The Bertz CT molecular complexity index is 480. The second kappa shape index (κ2) is 8.79. The average Bonchev–Trinajstić information content (AvgIpc) is 3.39. The summed E-state index contributed by atoms with van der Waals surface area (Å²) in [7, 11) is 1.83. The third-order valence-electron chi connectivity index (χ3n) is 4.33. The van der Waals surface area contributed by atoms with Gasteiger partial charge >= 0.3 is 0 Å². The maximum absolute atomic E-state index is 4.32. The monoisotopic (exact) mass is 302 g/mol. The summed E-state index contributed by atoms with van der Waals surface area (Å²) in [6.45, 7) is 8.44. The van der Waals surface area contributed by atoms with Crippen LogP contribution >= 0.6 is 0 Å². The molecule has 2 rings (SSSR count). The zero-order chi connectivity index (χ0) is 15.8. The number of hydrogen-bond acceptors (Lipinski definition) is 2. The fourth-order valence-electron chi connectivity index (χ4n) is 2.83. The van der Waals surface area contributed by atoms with Crippen molar-refractivity contribution in [3.63, 3.8) is 0 Å². The van der Waals surface area contributed by atoms with Crippen molar-refractivity contribution in [3.05, 3.63) is 35.4 Å². The van der Waals surface area contributed by atoms with Gasteiger partial charge in [-0.05, 0) is 36.9 Å². The maximum atomic E-state index is 4.32. The Morgan fingerprint density at radius 2 is 1.91 bits per heavy atom. The van der Waals surface area contributed by atoms with Crippen LogP contribution in [0, 0.1) is 0 Å². The van der Waals surface area contributed by atoms with Crippen molar-refractivity contribution >= 4 is 5.96 Å². The number of likely N-dealkylation sites (N-methyl/N-ethyl adjacent to an activating group) is 1. The Hall–Kier alpha value is -1.55. The number of benzene rings is 1. The van der Waals surface area contributed by atoms with E-state index in [2.05, 4.69) is 58.6 Å². The van der Waals surface area contributed by atoms with Crippen molar-refractivity contribution in [2.24, 2.45) is 4.99 Å². The van der Waals surface area contributed by atoms with E-state index in [9.17, 15) is 0 Å². The summed E-state index contributed by atoms with van der Waals surface area (Å²) >= 11 is 0. The number of aliphatic imine (C=N–C) groups is 1. The molecule has 0 amide bonds. The molecular formula is C18H30N4. The Morgan fingerprint density at radius 1 is 1.18 bits per heavy atom. The molecule has 1 aromatic rings. The van der Waals surface area contributed by atoms with Gasteiger partial charge < -0.3 is 10.6 Å². The van der Waals surface area contributed by atoms with Crippen molar-refractivity contribution in [2.75, 3.05) is 26.7 Å². The van der Waals surface area contributed by atoms with Crippen LogP contribution in [-0.4, -0.2) is 43.6 Å². The number of nitrogens with zero attached hydrogens (tertiary/aromatic N) is 2. The highest BCUT2D eigenvalue weighted by Crippen LogP contribution is 2.25. The predicted molar refractivity (Wildman–Crippen MR) is 94.3 cm³/mol. The summed E-state index contributed by atoms with van der Waals surface area (Å²) in [6.07, 6.45) is 3.81. The van der Waals surface area contributed by atoms with E-state index in [1.54, 1.807) is 0 Å². The largest absolute Gasteiger partial charge is 0.355 e. The lowest BCUT2D eigenvalue weighted by atomic mass is 10.1. The minimum Gasteiger partial charge on any atom is -0.355 e. The predicted octanol–water partition coefficient (Wildman–Crippen LogP) is 2.40. The van der Waals surface area contributed by atoms with Crippen LogP contribution in [0.25, 0.3) is 0 Å². The molecule has 1 aliphatic carbocycles. The first-order chi connectivity index (χ1) is 10.8. The Labute approximate surface area is 135 Å². The molecule has 4 heteroatoms. The SMILES string of the molecule is CCc1ccccc1CNC(=NC)NCCN(CC)C1CC1. The molecule has 0 bridgehead atoms. The highest BCUT2D eigenvalue weighted by Gasteiger charge is 2.27. The topological polar surface area (TPSA) is 39.7 Å². The molecular weight excluding hydrogens is 272 g/mol. The fourth-order valence-corrected chi connectivity index (χ4v) is 2.83. The summed E-state index contributed by atoms with van der Waals surface area (Å²) in [4.78, 5) is 6.87. The van der Waals surface area contributed by atoms with Crippen LogP contribution in [0.1, 0.15) is 37.8 Å². The van der Waals surface area contributed by atoms with E-state index in [1.807, 2.05) is 7.05 Å². The van der Waals surface area contributed by atoms with Gasteiger partial charge in [-0.2, -0.15) is 0 Å². The van der Waals surface area contributed by atoms with E-state index in [0.29, 0.717) is 0 Å². The van der Waals surface area contributed by atoms with Crippen molar-refractivity contribution in [2.45, 2.75) is 45.7 Å². The first-order valence-corrected chi connectivity index (χ1v) is 8.53. The Morgan fingerprint density at radius 3 is 2.50 bits per heavy atom. The lowest BCUT2D eigenvalue weighted by molar-refractivity contribution is 0.282. The normalized spacial score (nSPS) is 15.2. The van der Waals surface area contributed by atoms with Crippen molar-refractivity contribution in [1.82, 2.24) is 15.5 Å². The standard InChI is InChI=1S/C18H30N4/c1-4-15-8-6-7-9-16(15)14-21-18(19-3)20-12-13-22(5-2)17-10-11-17/h6-9,17H,4-5,10-14H2,1-3H3,(H2,19,20,21). The van der Waals surface area contributed by atoms with Crippen LogP contribution in [0.5, 0.6) is 0 Å². The first-order valence-electron chi connectivity index (χ1n) is 8.53. The Kier molecular flexibility index (Phi) is 6.72. The molecule has 0 saturated heterocycles. The highest BCUT2D eigenvalue weighted by atomic mass is 15.2. The quantitative estimate of drug-likeness (QED) is 0.572. The summed E-state index contributed by atoms with van der Waals surface area (Å²) in [5.74, 6) is 0.887. The number of guanidine groups is 1. The molecule has 0 aliphatic heterocycles. The molecule has 0 atom stereocenters. The highest BCUT2D eigenvalue weighted by molar-refractivity contribution is 5.79. The van der Waals surface area contributed by atoms with Gasteiger partial charge in [-0.15, -0.1) is 0 Å². The molecule has 0 radical (unpaired) electrons. The van der Waals surface area contributed by atoms with Gasteiger partial charge in [0.1, 0.15) is 0 Å². The van der Waals surface area contributed by atoms with Crippen molar-refractivity contribution in [1.29, 1.82) is 0 Å². The molecule has 1 aliphatic rings. The smallest absolute Gasteiger partial charge is 0.191 e. The molecule has 0 heterocycles. The van der Waals surface area contributed by atoms with Crippen LogP contribution in [0.15, 0.2) is 29.3 Å². The zero-order valence-electron chi connectivity index (χ0n) is 14.2. The van der Waals surface area contributed by atoms with Gasteiger partial charge in [0.2, 0.25) is 0 Å². The van der Waals surface area contributed by atoms with Crippen molar-refractivity contribution < 1.29 is 0 Å². The fraction of sp³-hybridized carbons (Fsp3) is 0.611. The lowest BCUT2D eigenvalue weighted by Gasteiger charge is -2.21. The lowest BCUT2D eigenvalue weighted by Crippen LogP contribution is -2.41.